The van der Waals surface area contributed by atoms with Crippen molar-refractivity contribution in [3.05, 3.63) is 82.9 Å². The Morgan fingerprint density at radius 3 is 1.87 bits per heavy atom. The molecule has 23 heavy (non-hydrogen) atoms. The predicted molar refractivity (Wildman–Crippen MR) is 88.4 cm³/mol. The van der Waals surface area contributed by atoms with Crippen molar-refractivity contribution < 1.29 is 14.9 Å². The summed E-state index contributed by atoms with van der Waals surface area (Å²) >= 11 is 0. The SMILES string of the molecule is Cc1ccccc1C1c2ccc(O)cc2Oc2cc(O)ccc21. The van der Waals surface area contributed by atoms with Gasteiger partial charge >= 0.3 is 0 Å². The van der Waals surface area contributed by atoms with Crippen molar-refractivity contribution in [2.45, 2.75) is 12.8 Å². The number of hydrogen-bond donors (Lipinski definition) is 2. The lowest BCUT2D eigenvalue weighted by Gasteiger charge is -2.29. The van der Waals surface area contributed by atoms with Gasteiger partial charge in [0.25, 0.3) is 0 Å². The average molecular weight is 304 g/mol. The largest absolute Gasteiger partial charge is 0.508 e. The minimum Gasteiger partial charge on any atom is -0.508 e. The van der Waals surface area contributed by atoms with Crippen molar-refractivity contribution in [3.63, 3.8) is 0 Å². The lowest BCUT2D eigenvalue weighted by atomic mass is 9.81. The van der Waals surface area contributed by atoms with E-state index in [1.807, 2.05) is 24.3 Å². The Labute approximate surface area is 134 Å². The van der Waals surface area contributed by atoms with E-state index in [9.17, 15) is 10.2 Å². The van der Waals surface area contributed by atoms with E-state index < -0.39 is 0 Å². The van der Waals surface area contributed by atoms with Gasteiger partial charge in [0.15, 0.2) is 0 Å². The van der Waals surface area contributed by atoms with Crippen LogP contribution in [-0.2, 0) is 0 Å². The number of ether oxygens (including phenoxy) is 1. The molecule has 0 bridgehead atoms. The molecular formula is C20H16O3. The lowest BCUT2D eigenvalue weighted by molar-refractivity contribution is 0.428. The summed E-state index contributed by atoms with van der Waals surface area (Å²) in [6.07, 6.45) is 0. The molecule has 0 spiro atoms. The van der Waals surface area contributed by atoms with Gasteiger partial charge in [0.1, 0.15) is 23.0 Å². The highest BCUT2D eigenvalue weighted by atomic mass is 16.5. The first-order valence-corrected chi connectivity index (χ1v) is 7.52. The smallest absolute Gasteiger partial charge is 0.135 e. The van der Waals surface area contributed by atoms with Gasteiger partial charge in [-0.25, -0.2) is 0 Å². The van der Waals surface area contributed by atoms with Crippen molar-refractivity contribution in [2.24, 2.45) is 0 Å². The molecule has 0 amide bonds. The molecule has 3 nitrogen and oxygen atoms in total. The van der Waals surface area contributed by atoms with Crippen LogP contribution in [0.2, 0.25) is 0 Å². The molecule has 3 heteroatoms. The summed E-state index contributed by atoms with van der Waals surface area (Å²) in [5, 5.41) is 19.5. The first-order valence-electron chi connectivity index (χ1n) is 7.52. The summed E-state index contributed by atoms with van der Waals surface area (Å²) in [7, 11) is 0. The average Bonchev–Trinajstić information content (AvgIpc) is 2.53. The fraction of sp³-hybridized carbons (Fsp3) is 0.100. The van der Waals surface area contributed by atoms with E-state index in [0.29, 0.717) is 11.5 Å². The van der Waals surface area contributed by atoms with Crippen molar-refractivity contribution in [2.75, 3.05) is 0 Å². The van der Waals surface area contributed by atoms with E-state index in [1.165, 1.54) is 11.1 Å². The second-order valence-corrected chi connectivity index (χ2v) is 5.84. The molecule has 4 rings (SSSR count). The van der Waals surface area contributed by atoms with E-state index in [-0.39, 0.29) is 17.4 Å². The molecule has 3 aromatic carbocycles. The maximum Gasteiger partial charge on any atom is 0.135 e. The van der Waals surface area contributed by atoms with E-state index in [1.54, 1.807) is 24.3 Å². The van der Waals surface area contributed by atoms with E-state index in [4.69, 9.17) is 4.74 Å². The Hall–Kier alpha value is -2.94. The first-order chi connectivity index (χ1) is 11.1. The Morgan fingerprint density at radius 1 is 0.739 bits per heavy atom. The Bertz CT molecular complexity index is 848. The maximum absolute atomic E-state index is 9.77. The fourth-order valence-corrected chi connectivity index (χ4v) is 3.23. The first kappa shape index (κ1) is 13.7. The predicted octanol–water partition coefficient (Wildman–Crippen LogP) is 4.69. The minimum absolute atomic E-state index is 0.0103. The number of aryl methyl sites for hydroxylation is 1. The molecule has 0 aromatic heterocycles. The zero-order chi connectivity index (χ0) is 16.0. The normalized spacial score (nSPS) is 13.1. The maximum atomic E-state index is 9.77. The molecular weight excluding hydrogens is 288 g/mol. The third kappa shape index (κ3) is 2.21. The van der Waals surface area contributed by atoms with E-state index in [2.05, 4.69) is 19.1 Å². The van der Waals surface area contributed by atoms with Crippen LogP contribution in [0.1, 0.15) is 28.2 Å². The summed E-state index contributed by atoms with van der Waals surface area (Å²) in [5.74, 6) is 1.58. The summed E-state index contributed by atoms with van der Waals surface area (Å²) in [4.78, 5) is 0. The van der Waals surface area contributed by atoms with Crippen LogP contribution < -0.4 is 4.74 Å². The number of hydrogen-bond acceptors (Lipinski definition) is 3. The van der Waals surface area contributed by atoms with Gasteiger partial charge < -0.3 is 14.9 Å². The fourth-order valence-electron chi connectivity index (χ4n) is 3.23. The Morgan fingerprint density at radius 2 is 1.30 bits per heavy atom. The molecule has 0 aliphatic carbocycles. The van der Waals surface area contributed by atoms with Crippen LogP contribution in [0.15, 0.2) is 60.7 Å². The molecule has 1 heterocycles. The lowest BCUT2D eigenvalue weighted by Crippen LogP contribution is -2.12. The number of fused-ring (bicyclic) bond motifs is 2. The Kier molecular flexibility index (Phi) is 3.01. The van der Waals surface area contributed by atoms with Gasteiger partial charge in [-0.05, 0) is 30.2 Å². The molecule has 0 atom stereocenters. The number of phenols is 2. The second kappa shape index (κ2) is 5.06. The third-order valence-electron chi connectivity index (χ3n) is 4.34. The van der Waals surface area contributed by atoms with Crippen LogP contribution in [0, 0.1) is 6.92 Å². The van der Waals surface area contributed by atoms with Crippen LogP contribution in [0.25, 0.3) is 0 Å². The zero-order valence-corrected chi connectivity index (χ0v) is 12.7. The molecule has 0 saturated heterocycles. The molecule has 2 N–H and O–H groups in total. The topological polar surface area (TPSA) is 49.7 Å². The molecule has 0 saturated carbocycles. The van der Waals surface area contributed by atoms with Gasteiger partial charge in [0, 0.05) is 29.2 Å². The van der Waals surface area contributed by atoms with Crippen LogP contribution in [-0.4, -0.2) is 10.2 Å². The van der Waals surface area contributed by atoms with Crippen LogP contribution in [0.3, 0.4) is 0 Å². The quantitative estimate of drug-likeness (QED) is 0.536. The van der Waals surface area contributed by atoms with Gasteiger partial charge in [-0.15, -0.1) is 0 Å². The van der Waals surface area contributed by atoms with E-state index >= 15 is 0 Å². The van der Waals surface area contributed by atoms with Crippen molar-refractivity contribution in [1.29, 1.82) is 0 Å². The van der Waals surface area contributed by atoms with Gasteiger partial charge in [-0.2, -0.15) is 0 Å². The summed E-state index contributed by atoms with van der Waals surface area (Å²) in [5.41, 5.74) is 4.40. The second-order valence-electron chi connectivity index (χ2n) is 5.84. The molecule has 1 aliphatic heterocycles. The summed E-state index contributed by atoms with van der Waals surface area (Å²) < 4.78 is 5.91. The van der Waals surface area contributed by atoms with Crippen LogP contribution in [0.4, 0.5) is 0 Å². The number of benzene rings is 3. The summed E-state index contributed by atoms with van der Waals surface area (Å²) in [6.45, 7) is 2.09. The number of rotatable bonds is 1. The molecule has 3 aromatic rings. The zero-order valence-electron chi connectivity index (χ0n) is 12.7. The van der Waals surface area contributed by atoms with Crippen molar-refractivity contribution >= 4 is 0 Å². The van der Waals surface area contributed by atoms with Crippen molar-refractivity contribution in [1.82, 2.24) is 0 Å². The molecule has 1 aliphatic rings. The van der Waals surface area contributed by atoms with Gasteiger partial charge in [0.2, 0.25) is 0 Å². The number of phenolic OH excluding ortho intramolecular Hbond substituents is 2. The van der Waals surface area contributed by atoms with Crippen molar-refractivity contribution in [3.8, 4) is 23.0 Å². The molecule has 114 valence electrons. The molecule has 0 unspecified atom stereocenters. The molecule has 0 fully saturated rings. The van der Waals surface area contributed by atoms with Gasteiger partial charge in [-0.1, -0.05) is 36.4 Å². The molecule has 0 radical (unpaired) electrons. The van der Waals surface area contributed by atoms with Crippen LogP contribution >= 0.6 is 0 Å². The highest BCUT2D eigenvalue weighted by Gasteiger charge is 2.29. The summed E-state index contributed by atoms with van der Waals surface area (Å²) in [6, 6.07) is 18.6. The highest BCUT2D eigenvalue weighted by molar-refractivity contribution is 5.61. The van der Waals surface area contributed by atoms with Gasteiger partial charge in [0.05, 0.1) is 0 Å². The third-order valence-corrected chi connectivity index (χ3v) is 4.34. The highest BCUT2D eigenvalue weighted by Crippen LogP contribution is 2.49. The monoisotopic (exact) mass is 304 g/mol. The standard InChI is InChI=1S/C20H16O3/c1-12-4-2-3-5-15(12)20-16-8-6-13(21)10-18(16)23-19-11-14(22)7-9-17(19)20/h2-11,20-22H,1H3. The number of aromatic hydroxyl groups is 2. The van der Waals surface area contributed by atoms with E-state index in [0.717, 1.165) is 11.1 Å². The Balaban J connectivity index is 2.00. The minimum atomic E-state index is 0.0103. The van der Waals surface area contributed by atoms with Gasteiger partial charge in [-0.3, -0.25) is 0 Å². The van der Waals surface area contributed by atoms with Crippen LogP contribution in [0.5, 0.6) is 23.0 Å².